The molecule has 0 spiro atoms. The van der Waals surface area contributed by atoms with Crippen LogP contribution in [0.3, 0.4) is 0 Å². The maximum atomic E-state index is 10.8. The van der Waals surface area contributed by atoms with Gasteiger partial charge in [-0.1, -0.05) is 30.3 Å². The van der Waals surface area contributed by atoms with E-state index in [1.807, 2.05) is 18.2 Å². The van der Waals surface area contributed by atoms with Crippen LogP contribution < -0.4 is 10.5 Å². The van der Waals surface area contributed by atoms with E-state index in [4.69, 9.17) is 5.14 Å². The summed E-state index contributed by atoms with van der Waals surface area (Å²) in [7, 11) is -3.34. The fourth-order valence-corrected chi connectivity index (χ4v) is 3.37. The number of hydrogen-bond acceptors (Lipinski definition) is 4. The molecule has 1 heterocycles. The summed E-state index contributed by atoms with van der Waals surface area (Å²) < 4.78 is 21.6. The monoisotopic (exact) mass is 310 g/mol. The van der Waals surface area contributed by atoms with Gasteiger partial charge in [-0.05, 0) is 30.7 Å². The molecule has 1 aromatic carbocycles. The molecule has 0 aliphatic rings. The third-order valence-corrected chi connectivity index (χ3v) is 4.79. The Morgan fingerprint density at radius 3 is 2.55 bits per heavy atom. The highest BCUT2D eigenvalue weighted by Crippen LogP contribution is 2.27. The fraction of sp³-hybridized carbons (Fsp3) is 0.286. The Morgan fingerprint density at radius 2 is 1.85 bits per heavy atom. The van der Waals surface area contributed by atoms with Gasteiger partial charge in [0.1, 0.15) is 0 Å². The SMILES string of the molecule is NS(=O)(=O)CCCNCc1ccc(-c2ccccc2)s1. The van der Waals surface area contributed by atoms with Gasteiger partial charge in [-0.25, -0.2) is 13.6 Å². The summed E-state index contributed by atoms with van der Waals surface area (Å²) in [5, 5.41) is 8.17. The van der Waals surface area contributed by atoms with Gasteiger partial charge >= 0.3 is 0 Å². The molecule has 0 radical (unpaired) electrons. The molecule has 2 aromatic rings. The van der Waals surface area contributed by atoms with Gasteiger partial charge < -0.3 is 5.32 Å². The van der Waals surface area contributed by atoms with Crippen LogP contribution in [-0.2, 0) is 16.6 Å². The standard InChI is InChI=1S/C14H18N2O2S2/c15-20(17,18)10-4-9-16-11-13-7-8-14(19-13)12-5-2-1-3-6-12/h1-3,5-8,16H,4,9-11H2,(H2,15,17,18). The zero-order chi connectivity index (χ0) is 14.4. The zero-order valence-corrected chi connectivity index (χ0v) is 12.7. The Hall–Kier alpha value is -1.21. The molecule has 1 aromatic heterocycles. The van der Waals surface area contributed by atoms with Crippen molar-refractivity contribution in [3.63, 3.8) is 0 Å². The van der Waals surface area contributed by atoms with Gasteiger partial charge in [0.2, 0.25) is 10.0 Å². The van der Waals surface area contributed by atoms with Gasteiger partial charge in [0, 0.05) is 16.3 Å². The van der Waals surface area contributed by atoms with E-state index in [0.717, 1.165) is 6.54 Å². The van der Waals surface area contributed by atoms with E-state index >= 15 is 0 Å². The lowest BCUT2D eigenvalue weighted by molar-refractivity contribution is 0.590. The Kier molecular flexibility index (Phi) is 5.31. The summed E-state index contributed by atoms with van der Waals surface area (Å²) in [6.45, 7) is 1.40. The van der Waals surface area contributed by atoms with Crippen molar-refractivity contribution in [1.29, 1.82) is 0 Å². The number of thiophene rings is 1. The smallest absolute Gasteiger partial charge is 0.209 e. The first-order valence-electron chi connectivity index (χ1n) is 6.40. The molecule has 0 bridgehead atoms. The van der Waals surface area contributed by atoms with E-state index in [1.54, 1.807) is 11.3 Å². The summed E-state index contributed by atoms with van der Waals surface area (Å²) in [5.41, 5.74) is 1.22. The van der Waals surface area contributed by atoms with Crippen molar-refractivity contribution < 1.29 is 8.42 Å². The number of rotatable bonds is 7. The van der Waals surface area contributed by atoms with Crippen LogP contribution in [0.1, 0.15) is 11.3 Å². The topological polar surface area (TPSA) is 72.2 Å². The number of nitrogens with two attached hydrogens (primary N) is 1. The van der Waals surface area contributed by atoms with Crippen molar-refractivity contribution in [3.8, 4) is 10.4 Å². The van der Waals surface area contributed by atoms with Crippen LogP contribution in [0, 0.1) is 0 Å². The van der Waals surface area contributed by atoms with Crippen LogP contribution >= 0.6 is 11.3 Å². The van der Waals surface area contributed by atoms with E-state index < -0.39 is 10.0 Å². The van der Waals surface area contributed by atoms with Crippen LogP contribution in [0.15, 0.2) is 42.5 Å². The van der Waals surface area contributed by atoms with Crippen LogP contribution in [-0.4, -0.2) is 20.7 Å². The van der Waals surface area contributed by atoms with Crippen LogP contribution in [0.5, 0.6) is 0 Å². The van der Waals surface area contributed by atoms with E-state index in [9.17, 15) is 8.42 Å². The molecule has 0 fully saturated rings. The summed E-state index contributed by atoms with van der Waals surface area (Å²) in [4.78, 5) is 2.48. The Morgan fingerprint density at radius 1 is 1.10 bits per heavy atom. The molecule has 0 aliphatic heterocycles. The highest BCUT2D eigenvalue weighted by atomic mass is 32.2. The van der Waals surface area contributed by atoms with Crippen molar-refractivity contribution >= 4 is 21.4 Å². The highest BCUT2D eigenvalue weighted by Gasteiger charge is 2.03. The first kappa shape index (κ1) is 15.2. The summed E-state index contributed by atoms with van der Waals surface area (Å²) in [6, 6.07) is 14.5. The number of primary sulfonamides is 1. The maximum absolute atomic E-state index is 10.8. The lowest BCUT2D eigenvalue weighted by Crippen LogP contribution is -2.21. The summed E-state index contributed by atoms with van der Waals surface area (Å²) in [6.07, 6.45) is 0.537. The molecule has 6 heteroatoms. The fourth-order valence-electron chi connectivity index (χ4n) is 1.84. The first-order chi connectivity index (χ1) is 9.54. The molecular formula is C14H18N2O2S2. The molecule has 0 unspecified atom stereocenters. The number of sulfonamides is 1. The molecule has 0 atom stereocenters. The second kappa shape index (κ2) is 6.99. The van der Waals surface area contributed by atoms with Crippen LogP contribution in [0.4, 0.5) is 0 Å². The lowest BCUT2D eigenvalue weighted by Gasteiger charge is -2.02. The van der Waals surface area contributed by atoms with Gasteiger partial charge in [0.05, 0.1) is 5.75 Å². The maximum Gasteiger partial charge on any atom is 0.209 e. The van der Waals surface area contributed by atoms with Gasteiger partial charge in [-0.2, -0.15) is 0 Å². The van der Waals surface area contributed by atoms with E-state index in [0.29, 0.717) is 13.0 Å². The normalized spacial score (nSPS) is 11.7. The number of nitrogens with one attached hydrogen (secondary N) is 1. The summed E-state index contributed by atoms with van der Waals surface area (Å²) >= 11 is 1.74. The van der Waals surface area contributed by atoms with Crippen LogP contribution in [0.25, 0.3) is 10.4 Å². The molecule has 0 aliphatic carbocycles. The molecule has 20 heavy (non-hydrogen) atoms. The average molecular weight is 310 g/mol. The largest absolute Gasteiger partial charge is 0.312 e. The third kappa shape index (κ3) is 5.05. The Labute approximate surface area is 123 Å². The first-order valence-corrected chi connectivity index (χ1v) is 8.93. The highest BCUT2D eigenvalue weighted by molar-refractivity contribution is 7.89. The Bertz CT molecular complexity index is 636. The van der Waals surface area contributed by atoms with Crippen molar-refractivity contribution in [2.24, 2.45) is 5.14 Å². The van der Waals surface area contributed by atoms with Crippen LogP contribution in [0.2, 0.25) is 0 Å². The van der Waals surface area contributed by atoms with E-state index in [-0.39, 0.29) is 5.75 Å². The molecule has 2 rings (SSSR count). The molecular weight excluding hydrogens is 292 g/mol. The van der Waals surface area contributed by atoms with Gasteiger partial charge in [-0.15, -0.1) is 11.3 Å². The second-order valence-corrected chi connectivity index (χ2v) is 7.43. The van der Waals surface area contributed by atoms with Crippen molar-refractivity contribution in [2.45, 2.75) is 13.0 Å². The third-order valence-electron chi connectivity index (χ3n) is 2.80. The van der Waals surface area contributed by atoms with Gasteiger partial charge in [-0.3, -0.25) is 0 Å². The van der Waals surface area contributed by atoms with E-state index in [2.05, 4.69) is 29.6 Å². The van der Waals surface area contributed by atoms with E-state index in [1.165, 1.54) is 15.3 Å². The number of hydrogen-bond donors (Lipinski definition) is 2. The van der Waals surface area contributed by atoms with Crippen molar-refractivity contribution in [1.82, 2.24) is 5.32 Å². The van der Waals surface area contributed by atoms with Crippen molar-refractivity contribution in [3.05, 3.63) is 47.3 Å². The minimum atomic E-state index is -3.34. The van der Waals surface area contributed by atoms with Gasteiger partial charge in [0.15, 0.2) is 0 Å². The minimum Gasteiger partial charge on any atom is -0.312 e. The molecule has 3 N–H and O–H groups in total. The Balaban J connectivity index is 1.79. The number of benzene rings is 1. The predicted molar refractivity (Wildman–Crippen MR) is 84.1 cm³/mol. The second-order valence-electron chi connectivity index (χ2n) is 4.53. The summed E-state index contributed by atoms with van der Waals surface area (Å²) in [5.74, 6) is 0.0275. The molecule has 108 valence electrons. The molecule has 0 saturated carbocycles. The predicted octanol–water partition coefficient (Wildman–Crippen LogP) is 2.18. The average Bonchev–Trinajstić information content (AvgIpc) is 2.87. The quantitative estimate of drug-likeness (QED) is 0.770. The zero-order valence-electron chi connectivity index (χ0n) is 11.1. The lowest BCUT2D eigenvalue weighted by atomic mass is 10.2. The van der Waals surface area contributed by atoms with Gasteiger partial charge in [0.25, 0.3) is 0 Å². The molecule has 0 saturated heterocycles. The molecule has 4 nitrogen and oxygen atoms in total. The minimum absolute atomic E-state index is 0.0275. The van der Waals surface area contributed by atoms with Crippen molar-refractivity contribution in [2.75, 3.05) is 12.3 Å². The molecule has 0 amide bonds.